The number of piperazine rings is 1. The minimum absolute atomic E-state index is 0.00366. The smallest absolute Gasteiger partial charge is 0.410 e. The van der Waals surface area contributed by atoms with Crippen molar-refractivity contribution in [3.05, 3.63) is 37.2 Å². The average molecular weight is 540 g/mol. The van der Waals surface area contributed by atoms with E-state index in [1.807, 2.05) is 0 Å². The fraction of sp³-hybridized carbons (Fsp3) is 0.524. The zero-order valence-corrected chi connectivity index (χ0v) is 21.3. The van der Waals surface area contributed by atoms with E-state index in [0.29, 0.717) is 10.1 Å². The van der Waals surface area contributed by atoms with Crippen molar-refractivity contribution in [3.63, 3.8) is 0 Å². The van der Waals surface area contributed by atoms with Crippen LogP contribution in [0, 0.1) is 10.1 Å². The molecule has 0 bridgehead atoms. The van der Waals surface area contributed by atoms with E-state index in [4.69, 9.17) is 9.47 Å². The number of amides is 1. The fourth-order valence-electron chi connectivity index (χ4n) is 3.93. The van der Waals surface area contributed by atoms with Crippen LogP contribution in [0.15, 0.2) is 21.5 Å². The molecule has 1 fully saturated rings. The van der Waals surface area contributed by atoms with Crippen LogP contribution >= 0.6 is 15.9 Å². The molecule has 0 saturated carbocycles. The van der Waals surface area contributed by atoms with Crippen LogP contribution in [0.5, 0.6) is 0 Å². The van der Waals surface area contributed by atoms with Gasteiger partial charge in [-0.2, -0.15) is 0 Å². The molecule has 3 heterocycles. The van der Waals surface area contributed by atoms with Crippen LogP contribution in [0.2, 0.25) is 0 Å². The predicted molar refractivity (Wildman–Crippen MR) is 127 cm³/mol. The maximum atomic E-state index is 13.0. The van der Waals surface area contributed by atoms with Crippen molar-refractivity contribution in [2.45, 2.75) is 45.4 Å². The highest BCUT2D eigenvalue weighted by atomic mass is 79.9. The Kier molecular flexibility index (Phi) is 6.87. The number of ether oxygens (including phenoxy) is 2. The highest BCUT2D eigenvalue weighted by molar-refractivity contribution is 9.10. The normalized spacial score (nSPS) is 18.7. The molecule has 0 radical (unpaired) electrons. The lowest BCUT2D eigenvalue weighted by Crippen LogP contribution is -2.62. The second kappa shape index (κ2) is 9.20. The quantitative estimate of drug-likeness (QED) is 0.249. The Morgan fingerprint density at radius 1 is 1.26 bits per heavy atom. The van der Waals surface area contributed by atoms with Crippen molar-refractivity contribution in [2.75, 3.05) is 25.1 Å². The molecule has 12 nitrogen and oxygen atoms in total. The van der Waals surface area contributed by atoms with E-state index in [1.165, 1.54) is 24.0 Å². The summed E-state index contributed by atoms with van der Waals surface area (Å²) in [7, 11) is 2.60. The van der Waals surface area contributed by atoms with Crippen molar-refractivity contribution in [2.24, 2.45) is 7.05 Å². The molecule has 34 heavy (non-hydrogen) atoms. The number of rotatable bonds is 3. The third kappa shape index (κ3) is 4.69. The van der Waals surface area contributed by atoms with Gasteiger partial charge in [0, 0.05) is 19.6 Å². The van der Waals surface area contributed by atoms with Gasteiger partial charge >= 0.3 is 23.3 Å². The Labute approximate surface area is 203 Å². The number of carbonyl (C=O) groups is 2. The molecule has 1 aliphatic rings. The molecule has 184 valence electrons. The summed E-state index contributed by atoms with van der Waals surface area (Å²) in [5.74, 6) is -0.724. The van der Waals surface area contributed by atoms with Crippen LogP contribution < -0.4 is 10.5 Å². The van der Waals surface area contributed by atoms with Gasteiger partial charge in [-0.15, -0.1) is 0 Å². The van der Waals surface area contributed by atoms with Crippen LogP contribution in [-0.2, 0) is 21.3 Å². The Hall–Kier alpha value is -3.22. The number of pyridine rings is 2. The Morgan fingerprint density at radius 2 is 1.91 bits per heavy atom. The third-order valence-corrected chi connectivity index (χ3v) is 5.91. The predicted octanol–water partition coefficient (Wildman–Crippen LogP) is 2.59. The lowest BCUT2D eigenvalue weighted by atomic mass is 10.0. The number of halogens is 1. The fourth-order valence-corrected chi connectivity index (χ4v) is 4.24. The van der Waals surface area contributed by atoms with Gasteiger partial charge in [0.1, 0.15) is 21.8 Å². The van der Waals surface area contributed by atoms with Gasteiger partial charge in [-0.05, 0) is 55.8 Å². The number of esters is 1. The molecular formula is C21H26BrN5O7. The molecule has 13 heteroatoms. The molecule has 2 atom stereocenters. The lowest BCUT2D eigenvalue weighted by molar-refractivity contribution is -0.385. The number of nitro groups is 1. The number of fused-ring (bicyclic) bond motifs is 1. The summed E-state index contributed by atoms with van der Waals surface area (Å²) < 4.78 is 12.0. The number of hydrogen-bond acceptors (Lipinski definition) is 9. The SMILES string of the molecule is COC(=O)[C@H]1CN(C(=O)OC(C)(C)C)[C@H](C)CN1c1c([N+](=O)[O-])c(=O)n(C)c2ccc(Br)nc12. The molecule has 0 aromatic carbocycles. The first-order chi connectivity index (χ1) is 15.8. The first-order valence-corrected chi connectivity index (χ1v) is 11.2. The van der Waals surface area contributed by atoms with E-state index in [1.54, 1.807) is 39.8 Å². The maximum absolute atomic E-state index is 13.0. The maximum Gasteiger partial charge on any atom is 0.410 e. The topological polar surface area (TPSA) is 137 Å². The second-order valence-corrected chi connectivity index (χ2v) is 9.81. The molecule has 0 unspecified atom stereocenters. The lowest BCUT2D eigenvalue weighted by Gasteiger charge is -2.44. The van der Waals surface area contributed by atoms with E-state index in [-0.39, 0.29) is 24.3 Å². The standard InChI is InChI=1S/C21H26BrN5O7/c1-11-9-26(13(19(29)33-6)10-25(11)20(30)34-21(2,3)4)16-15-12(7-8-14(22)23-15)24(5)18(28)17(16)27(31)32/h7-8,11,13H,9-10H2,1-6H3/t11-,13-/m1/s1. The number of carbonyl (C=O) groups excluding carboxylic acids is 2. The number of aryl methyl sites for hydroxylation is 1. The summed E-state index contributed by atoms with van der Waals surface area (Å²) in [6.45, 7) is 6.73. The minimum atomic E-state index is -1.14. The molecule has 2 aromatic rings. The summed E-state index contributed by atoms with van der Waals surface area (Å²) in [6.07, 6.45) is -0.627. The van der Waals surface area contributed by atoms with Crippen LogP contribution in [0.4, 0.5) is 16.2 Å². The first-order valence-electron chi connectivity index (χ1n) is 10.4. The van der Waals surface area contributed by atoms with Gasteiger partial charge in [0.25, 0.3) is 0 Å². The molecule has 1 aliphatic heterocycles. The average Bonchev–Trinajstić information content (AvgIpc) is 2.73. The van der Waals surface area contributed by atoms with Gasteiger partial charge in [0.05, 0.1) is 24.1 Å². The molecule has 2 aromatic heterocycles. The van der Waals surface area contributed by atoms with E-state index >= 15 is 0 Å². The van der Waals surface area contributed by atoms with Crippen molar-refractivity contribution < 1.29 is 24.0 Å². The number of nitrogens with zero attached hydrogens (tertiary/aromatic N) is 5. The monoisotopic (exact) mass is 539 g/mol. The van der Waals surface area contributed by atoms with Gasteiger partial charge in [-0.1, -0.05) is 0 Å². The molecule has 1 saturated heterocycles. The highest BCUT2D eigenvalue weighted by Gasteiger charge is 2.44. The summed E-state index contributed by atoms with van der Waals surface area (Å²) in [6, 6.07) is 1.57. The largest absolute Gasteiger partial charge is 0.467 e. The van der Waals surface area contributed by atoms with Gasteiger partial charge < -0.3 is 23.8 Å². The molecule has 3 rings (SSSR count). The van der Waals surface area contributed by atoms with Gasteiger partial charge in [-0.3, -0.25) is 14.9 Å². The second-order valence-electron chi connectivity index (χ2n) is 8.99. The summed E-state index contributed by atoms with van der Waals surface area (Å²) in [5.41, 5.74) is -1.91. The Morgan fingerprint density at radius 3 is 2.47 bits per heavy atom. The van der Waals surface area contributed by atoms with Crippen molar-refractivity contribution in [1.82, 2.24) is 14.5 Å². The third-order valence-electron chi connectivity index (χ3n) is 5.47. The van der Waals surface area contributed by atoms with Crippen molar-refractivity contribution in [3.8, 4) is 0 Å². The Bertz CT molecular complexity index is 1220. The molecule has 0 N–H and O–H groups in total. The number of hydrogen-bond donors (Lipinski definition) is 0. The first kappa shape index (κ1) is 25.4. The molecule has 0 aliphatic carbocycles. The van der Waals surface area contributed by atoms with E-state index in [2.05, 4.69) is 20.9 Å². The summed E-state index contributed by atoms with van der Waals surface area (Å²) in [4.78, 5) is 57.1. The zero-order chi connectivity index (χ0) is 25.5. The Balaban J connectivity index is 2.24. The molecular weight excluding hydrogens is 514 g/mol. The van der Waals surface area contributed by atoms with Crippen LogP contribution in [0.3, 0.4) is 0 Å². The zero-order valence-electron chi connectivity index (χ0n) is 19.7. The number of methoxy groups -OCH3 is 1. The summed E-state index contributed by atoms with van der Waals surface area (Å²) in [5, 5.41) is 12.0. The minimum Gasteiger partial charge on any atom is -0.467 e. The summed E-state index contributed by atoms with van der Waals surface area (Å²) >= 11 is 3.27. The van der Waals surface area contributed by atoms with Gasteiger partial charge in [0.15, 0.2) is 5.69 Å². The van der Waals surface area contributed by atoms with Crippen molar-refractivity contribution in [1.29, 1.82) is 0 Å². The van der Waals surface area contributed by atoms with Gasteiger partial charge in [-0.25, -0.2) is 14.6 Å². The van der Waals surface area contributed by atoms with E-state index in [9.17, 15) is 24.5 Å². The number of aromatic nitrogens is 2. The molecule has 0 spiro atoms. The molecule has 1 amide bonds. The van der Waals surface area contributed by atoms with Crippen LogP contribution in [-0.4, -0.2) is 69.3 Å². The number of anilines is 1. The van der Waals surface area contributed by atoms with Crippen LogP contribution in [0.25, 0.3) is 11.0 Å². The van der Waals surface area contributed by atoms with Crippen molar-refractivity contribution >= 4 is 50.4 Å². The highest BCUT2D eigenvalue weighted by Crippen LogP contribution is 2.36. The van der Waals surface area contributed by atoms with Gasteiger partial charge in [0.2, 0.25) is 0 Å². The van der Waals surface area contributed by atoms with Crippen LogP contribution in [0.1, 0.15) is 27.7 Å². The van der Waals surface area contributed by atoms with E-state index < -0.39 is 45.9 Å². The van der Waals surface area contributed by atoms with E-state index in [0.717, 1.165) is 4.57 Å².